The molecule has 5 nitrogen and oxygen atoms in total. The first-order valence-electron chi connectivity index (χ1n) is 10.4. The van der Waals surface area contributed by atoms with Crippen LogP contribution in [0, 0.1) is 5.92 Å². The number of pyridine rings is 1. The van der Waals surface area contributed by atoms with Crippen molar-refractivity contribution in [2.75, 3.05) is 30.4 Å². The first-order chi connectivity index (χ1) is 13.2. The van der Waals surface area contributed by atoms with Crippen LogP contribution in [0.2, 0.25) is 0 Å². The van der Waals surface area contributed by atoms with E-state index >= 15 is 0 Å². The second-order valence-corrected chi connectivity index (χ2v) is 8.60. The molecule has 0 aliphatic carbocycles. The Bertz CT molecular complexity index is 625. The van der Waals surface area contributed by atoms with Crippen LogP contribution in [0.1, 0.15) is 58.8 Å². The van der Waals surface area contributed by atoms with Crippen molar-refractivity contribution in [2.45, 2.75) is 69.7 Å². The fourth-order valence-corrected chi connectivity index (χ4v) is 4.69. The van der Waals surface area contributed by atoms with Gasteiger partial charge in [-0.1, -0.05) is 33.1 Å². The van der Waals surface area contributed by atoms with E-state index < -0.39 is 0 Å². The second-order valence-electron chi connectivity index (χ2n) is 7.46. The van der Waals surface area contributed by atoms with Crippen LogP contribution < -0.4 is 9.64 Å². The van der Waals surface area contributed by atoms with Gasteiger partial charge >= 0.3 is 5.97 Å². The average Bonchev–Trinajstić information content (AvgIpc) is 3.17. The zero-order chi connectivity index (χ0) is 19.1. The van der Waals surface area contributed by atoms with E-state index in [2.05, 4.69) is 23.7 Å². The molecule has 27 heavy (non-hydrogen) atoms. The number of unbranched alkanes of at least 4 members (excludes halogenated alkanes) is 1. The molecule has 0 N–H and O–H groups in total. The minimum absolute atomic E-state index is 0.0964. The van der Waals surface area contributed by atoms with Gasteiger partial charge in [-0.25, -0.2) is 4.98 Å². The van der Waals surface area contributed by atoms with Gasteiger partial charge in [0.05, 0.1) is 24.0 Å². The molecule has 0 bridgehead atoms. The van der Waals surface area contributed by atoms with Crippen molar-refractivity contribution >= 4 is 23.5 Å². The molecule has 2 unspecified atom stereocenters. The third-order valence-corrected chi connectivity index (χ3v) is 6.55. The Kier molecular flexibility index (Phi) is 7.68. The summed E-state index contributed by atoms with van der Waals surface area (Å²) in [4.78, 5) is 20.1. The lowest BCUT2D eigenvalue weighted by molar-refractivity contribution is -0.144. The minimum Gasteiger partial charge on any atom is -0.486 e. The summed E-state index contributed by atoms with van der Waals surface area (Å²) in [6.45, 7) is 6.72. The molecular weight excluding hydrogens is 360 g/mol. The Morgan fingerprint density at radius 1 is 1.48 bits per heavy atom. The van der Waals surface area contributed by atoms with E-state index in [1.807, 2.05) is 12.3 Å². The third-order valence-electron chi connectivity index (χ3n) is 5.51. The number of hydrogen-bond acceptors (Lipinski definition) is 6. The molecule has 0 saturated carbocycles. The van der Waals surface area contributed by atoms with Gasteiger partial charge in [-0.15, -0.1) is 11.8 Å². The predicted molar refractivity (Wildman–Crippen MR) is 110 cm³/mol. The Balaban J connectivity index is 1.45. The summed E-state index contributed by atoms with van der Waals surface area (Å²) in [5.74, 6) is 2.96. The van der Waals surface area contributed by atoms with Crippen molar-refractivity contribution in [2.24, 2.45) is 5.92 Å². The fraction of sp³-hybridized carbons (Fsp3) is 0.714. The van der Waals surface area contributed by atoms with Crippen molar-refractivity contribution in [1.82, 2.24) is 4.98 Å². The number of hydrogen-bond donors (Lipinski definition) is 0. The molecule has 1 aromatic rings. The quantitative estimate of drug-likeness (QED) is 0.425. The molecule has 2 aliphatic rings. The molecule has 1 saturated heterocycles. The van der Waals surface area contributed by atoms with Crippen molar-refractivity contribution in [3.63, 3.8) is 0 Å². The number of esters is 1. The van der Waals surface area contributed by atoms with Crippen LogP contribution in [-0.4, -0.2) is 42.5 Å². The molecule has 1 fully saturated rings. The highest BCUT2D eigenvalue weighted by atomic mass is 32.2. The van der Waals surface area contributed by atoms with Crippen LogP contribution in [0.5, 0.6) is 5.75 Å². The molecule has 0 aromatic carbocycles. The number of carbonyl (C=O) groups excluding carboxylic acids is 1. The first kappa shape index (κ1) is 20.3. The number of rotatable bonds is 10. The number of nitrogens with zero attached hydrogens (tertiary/aromatic N) is 2. The molecule has 1 aromatic heterocycles. The number of carbonyl (C=O) groups is 1. The molecule has 2 atom stereocenters. The van der Waals surface area contributed by atoms with Gasteiger partial charge in [-0.2, -0.15) is 0 Å². The number of anilines is 1. The summed E-state index contributed by atoms with van der Waals surface area (Å²) in [6, 6.07) is 2.46. The van der Waals surface area contributed by atoms with Gasteiger partial charge in [-0.3, -0.25) is 4.79 Å². The van der Waals surface area contributed by atoms with Crippen molar-refractivity contribution in [1.29, 1.82) is 0 Å². The number of thioether (sulfide) groups is 1. The average molecular weight is 393 g/mol. The summed E-state index contributed by atoms with van der Waals surface area (Å²) >= 11 is 1.66. The zero-order valence-corrected chi connectivity index (χ0v) is 17.4. The third kappa shape index (κ3) is 5.31. The van der Waals surface area contributed by atoms with Crippen molar-refractivity contribution in [3.05, 3.63) is 12.3 Å². The Morgan fingerprint density at radius 3 is 3.19 bits per heavy atom. The van der Waals surface area contributed by atoms with E-state index in [9.17, 15) is 4.79 Å². The molecule has 0 amide bonds. The number of aromatic nitrogens is 1. The van der Waals surface area contributed by atoms with Crippen LogP contribution in [0.3, 0.4) is 0 Å². The molecule has 0 radical (unpaired) electrons. The highest BCUT2D eigenvalue weighted by Crippen LogP contribution is 2.42. The molecule has 3 rings (SSSR count). The summed E-state index contributed by atoms with van der Waals surface area (Å²) < 4.78 is 11.5. The van der Waals surface area contributed by atoms with Crippen LogP contribution >= 0.6 is 11.8 Å². The van der Waals surface area contributed by atoms with Crippen molar-refractivity contribution in [3.8, 4) is 5.75 Å². The summed E-state index contributed by atoms with van der Waals surface area (Å²) in [5.41, 5.74) is 0. The summed E-state index contributed by atoms with van der Waals surface area (Å²) in [7, 11) is 0. The standard InChI is InChI=1S/C21H32N2O3S/c1-3-5-7-16(4-2)14-25-19(24)10-13-27-18-9-11-22-21-20(18)26-15-17-8-6-12-23(17)21/h9,11,16-17H,3-8,10,12-15H2,1-2H3. The molecule has 6 heteroatoms. The fourth-order valence-electron chi connectivity index (χ4n) is 3.77. The van der Waals surface area contributed by atoms with Crippen molar-refractivity contribution < 1.29 is 14.3 Å². The maximum absolute atomic E-state index is 12.1. The topological polar surface area (TPSA) is 51.7 Å². The van der Waals surface area contributed by atoms with Crippen LogP contribution in [0.15, 0.2) is 17.2 Å². The van der Waals surface area contributed by atoms with Gasteiger partial charge in [0.25, 0.3) is 0 Å². The first-order valence-corrected chi connectivity index (χ1v) is 11.4. The van der Waals surface area contributed by atoms with E-state index in [4.69, 9.17) is 9.47 Å². The van der Waals surface area contributed by atoms with Crippen LogP contribution in [0.25, 0.3) is 0 Å². The van der Waals surface area contributed by atoms with E-state index in [-0.39, 0.29) is 5.97 Å². The van der Waals surface area contributed by atoms with E-state index in [1.54, 1.807) is 11.8 Å². The normalized spacial score (nSPS) is 19.2. The molecule has 150 valence electrons. The van der Waals surface area contributed by atoms with Gasteiger partial charge in [0.2, 0.25) is 0 Å². The second kappa shape index (κ2) is 10.2. The maximum Gasteiger partial charge on any atom is 0.306 e. The minimum atomic E-state index is -0.0964. The lowest BCUT2D eigenvalue weighted by Gasteiger charge is -2.33. The molecular formula is C21H32N2O3S. The lowest BCUT2D eigenvalue weighted by Crippen LogP contribution is -2.38. The highest BCUT2D eigenvalue weighted by Gasteiger charge is 2.33. The number of ether oxygens (including phenoxy) is 2. The van der Waals surface area contributed by atoms with E-state index in [1.165, 1.54) is 25.7 Å². The van der Waals surface area contributed by atoms with Crippen LogP contribution in [0.4, 0.5) is 5.82 Å². The smallest absolute Gasteiger partial charge is 0.306 e. The lowest BCUT2D eigenvalue weighted by atomic mass is 10.0. The molecule has 3 heterocycles. The molecule has 2 aliphatic heterocycles. The van der Waals surface area contributed by atoms with Gasteiger partial charge in [0.1, 0.15) is 6.61 Å². The largest absolute Gasteiger partial charge is 0.486 e. The predicted octanol–water partition coefficient (Wildman–Crippen LogP) is 4.68. The zero-order valence-electron chi connectivity index (χ0n) is 16.6. The Morgan fingerprint density at radius 2 is 2.37 bits per heavy atom. The maximum atomic E-state index is 12.1. The van der Waals surface area contributed by atoms with E-state index in [0.29, 0.717) is 30.7 Å². The SMILES string of the molecule is CCCCC(CC)COC(=O)CCSc1ccnc2c1OCC1CCCN21. The Hall–Kier alpha value is -1.43. The number of fused-ring (bicyclic) bond motifs is 3. The van der Waals surface area contributed by atoms with Gasteiger partial charge in [0, 0.05) is 18.5 Å². The van der Waals surface area contributed by atoms with Gasteiger partial charge in [0.15, 0.2) is 11.6 Å². The van der Waals surface area contributed by atoms with E-state index in [0.717, 1.165) is 42.5 Å². The summed E-state index contributed by atoms with van der Waals surface area (Å²) in [6.07, 6.45) is 9.28. The van der Waals surface area contributed by atoms with Gasteiger partial charge < -0.3 is 14.4 Å². The summed E-state index contributed by atoms with van der Waals surface area (Å²) in [5, 5.41) is 0. The Labute approximate surface area is 167 Å². The monoisotopic (exact) mass is 392 g/mol. The van der Waals surface area contributed by atoms with Gasteiger partial charge in [-0.05, 0) is 31.2 Å². The molecule has 0 spiro atoms. The highest BCUT2D eigenvalue weighted by molar-refractivity contribution is 7.99. The van der Waals surface area contributed by atoms with Crippen LogP contribution in [-0.2, 0) is 9.53 Å².